The second kappa shape index (κ2) is 9.20. The van der Waals surface area contributed by atoms with Crippen LogP contribution >= 0.6 is 0 Å². The second-order valence-corrected chi connectivity index (χ2v) is 7.56. The van der Waals surface area contributed by atoms with Crippen molar-refractivity contribution in [3.8, 4) is 0 Å². The molecular formula is C20H33N3O2. The van der Waals surface area contributed by atoms with Gasteiger partial charge >= 0.3 is 6.03 Å². The molecule has 0 unspecified atom stereocenters. The Morgan fingerprint density at radius 3 is 2.56 bits per heavy atom. The van der Waals surface area contributed by atoms with Gasteiger partial charge in [-0.3, -0.25) is 0 Å². The van der Waals surface area contributed by atoms with Crippen LogP contribution in [0.25, 0.3) is 0 Å². The van der Waals surface area contributed by atoms with Crippen LogP contribution in [0.1, 0.15) is 43.7 Å². The number of nitrogens with one attached hydrogen (secondary N) is 1. The summed E-state index contributed by atoms with van der Waals surface area (Å²) in [5, 5.41) is 13.2. The molecule has 1 saturated heterocycles. The molecule has 5 heteroatoms. The van der Waals surface area contributed by atoms with E-state index < -0.39 is 6.10 Å². The minimum Gasteiger partial charge on any atom is -0.390 e. The van der Waals surface area contributed by atoms with Gasteiger partial charge in [-0.15, -0.1) is 0 Å². The van der Waals surface area contributed by atoms with Gasteiger partial charge in [0.05, 0.1) is 6.10 Å². The van der Waals surface area contributed by atoms with E-state index in [9.17, 15) is 9.90 Å². The van der Waals surface area contributed by atoms with E-state index in [1.165, 1.54) is 11.1 Å². The number of amides is 2. The third-order valence-electron chi connectivity index (χ3n) is 5.06. The Labute approximate surface area is 152 Å². The Kier molecular flexibility index (Phi) is 7.26. The van der Waals surface area contributed by atoms with E-state index in [0.717, 1.165) is 19.3 Å². The number of likely N-dealkylation sites (N-methyl/N-ethyl adjacent to an activating group) is 1. The Morgan fingerprint density at radius 2 is 2.00 bits per heavy atom. The van der Waals surface area contributed by atoms with Crippen LogP contribution in [-0.2, 0) is 6.42 Å². The average Bonchev–Trinajstić information content (AvgIpc) is 2.58. The number of hydrogen-bond donors (Lipinski definition) is 2. The van der Waals surface area contributed by atoms with Gasteiger partial charge in [-0.1, -0.05) is 38.1 Å². The molecule has 2 amide bonds. The molecule has 1 aliphatic heterocycles. The van der Waals surface area contributed by atoms with Crippen molar-refractivity contribution in [2.24, 2.45) is 0 Å². The number of aryl methyl sites for hydroxylation is 1. The van der Waals surface area contributed by atoms with Crippen LogP contribution in [0.4, 0.5) is 4.79 Å². The molecule has 2 N–H and O–H groups in total. The number of urea groups is 1. The van der Waals surface area contributed by atoms with Gasteiger partial charge in [0.15, 0.2) is 0 Å². The Balaban J connectivity index is 1.69. The van der Waals surface area contributed by atoms with Gasteiger partial charge in [-0.2, -0.15) is 0 Å². The highest BCUT2D eigenvalue weighted by molar-refractivity contribution is 5.74. The lowest BCUT2D eigenvalue weighted by Crippen LogP contribution is -2.55. The summed E-state index contributed by atoms with van der Waals surface area (Å²) in [5.74, 6) is 0.556. The third-order valence-corrected chi connectivity index (χ3v) is 5.06. The number of likely N-dealkylation sites (tertiary alicyclic amines) is 1. The van der Waals surface area contributed by atoms with Gasteiger partial charge in [0.2, 0.25) is 0 Å². The zero-order chi connectivity index (χ0) is 18.4. The van der Waals surface area contributed by atoms with E-state index >= 15 is 0 Å². The van der Waals surface area contributed by atoms with E-state index in [2.05, 4.69) is 43.4 Å². The molecule has 140 valence electrons. The number of aliphatic hydroxyl groups is 1. The second-order valence-electron chi connectivity index (χ2n) is 7.56. The van der Waals surface area contributed by atoms with Crippen molar-refractivity contribution >= 4 is 6.03 Å². The maximum Gasteiger partial charge on any atom is 0.317 e. The van der Waals surface area contributed by atoms with Crippen LogP contribution in [0.15, 0.2) is 24.3 Å². The number of carbonyl (C=O) groups is 1. The summed E-state index contributed by atoms with van der Waals surface area (Å²) in [4.78, 5) is 16.0. The smallest absolute Gasteiger partial charge is 0.317 e. The summed E-state index contributed by atoms with van der Waals surface area (Å²) in [6, 6.07) is 8.81. The summed E-state index contributed by atoms with van der Waals surface area (Å²) in [6.45, 7) is 6.16. The number of benzene rings is 1. The van der Waals surface area contributed by atoms with E-state index in [1.807, 2.05) is 19.0 Å². The number of carbonyl (C=O) groups excluding carboxylic acids is 1. The number of β-amino-alcohol motifs (C(OH)–C–C–N with tert-alkyl or cyclic N) is 1. The number of piperidine rings is 1. The highest BCUT2D eigenvalue weighted by atomic mass is 16.3. The van der Waals surface area contributed by atoms with Gasteiger partial charge in [0.25, 0.3) is 0 Å². The predicted molar refractivity (Wildman–Crippen MR) is 102 cm³/mol. The summed E-state index contributed by atoms with van der Waals surface area (Å²) >= 11 is 0. The van der Waals surface area contributed by atoms with Crippen molar-refractivity contribution in [3.63, 3.8) is 0 Å². The molecule has 1 aromatic carbocycles. The molecule has 0 aliphatic carbocycles. The molecule has 1 fully saturated rings. The number of hydrogen-bond acceptors (Lipinski definition) is 3. The summed E-state index contributed by atoms with van der Waals surface area (Å²) in [5.41, 5.74) is 2.66. The molecule has 2 atom stereocenters. The predicted octanol–water partition coefficient (Wildman–Crippen LogP) is 2.45. The van der Waals surface area contributed by atoms with Crippen molar-refractivity contribution in [1.82, 2.24) is 15.1 Å². The zero-order valence-corrected chi connectivity index (χ0v) is 16.0. The first-order chi connectivity index (χ1) is 11.9. The van der Waals surface area contributed by atoms with Crippen LogP contribution in [0.5, 0.6) is 0 Å². The highest BCUT2D eigenvalue weighted by Gasteiger charge is 2.31. The Bertz CT molecular complexity index is 542. The van der Waals surface area contributed by atoms with Crippen LogP contribution in [0, 0.1) is 0 Å². The lowest BCUT2D eigenvalue weighted by atomic mass is 10.0. The Morgan fingerprint density at radius 1 is 1.32 bits per heavy atom. The summed E-state index contributed by atoms with van der Waals surface area (Å²) in [6.07, 6.45) is 2.21. The SMILES string of the molecule is CC(C)c1ccc(CCCNC(=O)N2CC[C@H](N(C)C)[C@@H](O)C2)cc1. The first kappa shape index (κ1) is 19.7. The fraction of sp³-hybridized carbons (Fsp3) is 0.650. The monoisotopic (exact) mass is 347 g/mol. The van der Waals surface area contributed by atoms with E-state index in [0.29, 0.717) is 25.6 Å². The quantitative estimate of drug-likeness (QED) is 0.777. The molecule has 5 nitrogen and oxygen atoms in total. The molecule has 1 heterocycles. The fourth-order valence-corrected chi connectivity index (χ4v) is 3.37. The average molecular weight is 348 g/mol. The molecule has 1 aliphatic rings. The first-order valence-corrected chi connectivity index (χ1v) is 9.34. The molecule has 0 radical (unpaired) electrons. The minimum atomic E-state index is -0.478. The van der Waals surface area contributed by atoms with Gasteiger partial charge in [-0.25, -0.2) is 4.79 Å². The van der Waals surface area contributed by atoms with E-state index in [1.54, 1.807) is 4.90 Å². The van der Waals surface area contributed by atoms with Crippen molar-refractivity contribution in [3.05, 3.63) is 35.4 Å². The maximum absolute atomic E-state index is 12.2. The van der Waals surface area contributed by atoms with E-state index in [-0.39, 0.29) is 12.1 Å². The third kappa shape index (κ3) is 5.72. The number of rotatable bonds is 6. The van der Waals surface area contributed by atoms with Crippen molar-refractivity contribution < 1.29 is 9.90 Å². The summed E-state index contributed by atoms with van der Waals surface area (Å²) in [7, 11) is 3.94. The number of aliphatic hydroxyl groups excluding tert-OH is 1. The van der Waals surface area contributed by atoms with Crippen LogP contribution < -0.4 is 5.32 Å². The summed E-state index contributed by atoms with van der Waals surface area (Å²) < 4.78 is 0. The van der Waals surface area contributed by atoms with Gasteiger partial charge in [0.1, 0.15) is 0 Å². The molecular weight excluding hydrogens is 314 g/mol. The lowest BCUT2D eigenvalue weighted by molar-refractivity contribution is 0.0168. The maximum atomic E-state index is 12.2. The molecule has 0 aromatic heterocycles. The normalized spacial score (nSPS) is 21.0. The molecule has 0 bridgehead atoms. The largest absolute Gasteiger partial charge is 0.390 e. The van der Waals surface area contributed by atoms with Crippen molar-refractivity contribution in [2.45, 2.75) is 51.2 Å². The lowest BCUT2D eigenvalue weighted by Gasteiger charge is -2.38. The fourth-order valence-electron chi connectivity index (χ4n) is 3.37. The minimum absolute atomic E-state index is 0.0635. The van der Waals surface area contributed by atoms with Gasteiger partial charge in [-0.05, 0) is 50.4 Å². The zero-order valence-electron chi connectivity index (χ0n) is 16.0. The van der Waals surface area contributed by atoms with Crippen molar-refractivity contribution in [2.75, 3.05) is 33.7 Å². The molecule has 1 aromatic rings. The van der Waals surface area contributed by atoms with Crippen LogP contribution in [0.2, 0.25) is 0 Å². The van der Waals surface area contributed by atoms with Gasteiger partial charge < -0.3 is 20.2 Å². The standard InChI is InChI=1S/C20H33N3O2/c1-15(2)17-9-7-16(8-10-17)6-5-12-21-20(25)23-13-11-18(22(3)4)19(24)14-23/h7-10,15,18-19,24H,5-6,11-14H2,1-4H3,(H,21,25)/t18-,19-/m0/s1. The van der Waals surface area contributed by atoms with Crippen LogP contribution in [0.3, 0.4) is 0 Å². The topological polar surface area (TPSA) is 55.8 Å². The first-order valence-electron chi connectivity index (χ1n) is 9.34. The molecule has 2 rings (SSSR count). The Hall–Kier alpha value is -1.59. The van der Waals surface area contributed by atoms with Crippen molar-refractivity contribution in [1.29, 1.82) is 0 Å². The van der Waals surface area contributed by atoms with E-state index in [4.69, 9.17) is 0 Å². The molecule has 25 heavy (non-hydrogen) atoms. The molecule has 0 saturated carbocycles. The molecule has 0 spiro atoms. The number of nitrogens with zero attached hydrogens (tertiary/aromatic N) is 2. The van der Waals surface area contributed by atoms with Gasteiger partial charge in [0, 0.05) is 25.7 Å². The highest BCUT2D eigenvalue weighted by Crippen LogP contribution is 2.16. The van der Waals surface area contributed by atoms with Crippen LogP contribution in [-0.4, -0.2) is 66.8 Å².